The van der Waals surface area contributed by atoms with Gasteiger partial charge in [-0.25, -0.2) is 4.98 Å². The van der Waals surface area contributed by atoms with Crippen molar-refractivity contribution in [2.24, 2.45) is 0 Å². The smallest absolute Gasteiger partial charge is 0.169 e. The molecule has 0 aliphatic heterocycles. The van der Waals surface area contributed by atoms with Crippen molar-refractivity contribution >= 4 is 11.9 Å². The van der Waals surface area contributed by atoms with E-state index in [2.05, 4.69) is 18.2 Å². The second kappa shape index (κ2) is 5.09. The molecule has 0 amide bonds. The minimum atomic E-state index is 0.634. The molecule has 110 valence electrons. The van der Waals surface area contributed by atoms with E-state index in [1.54, 1.807) is 0 Å². The van der Waals surface area contributed by atoms with Crippen LogP contribution in [0.5, 0.6) is 0 Å². The predicted molar refractivity (Wildman–Crippen MR) is 87.4 cm³/mol. The number of benzene rings is 1. The van der Waals surface area contributed by atoms with E-state index in [0.29, 0.717) is 5.69 Å². The maximum Gasteiger partial charge on any atom is 0.169 e. The fraction of sp³-hybridized carbons (Fsp3) is 0.263. The molecule has 3 aromatic rings. The van der Waals surface area contributed by atoms with Gasteiger partial charge in [-0.1, -0.05) is 18.2 Å². The molecule has 2 aromatic heterocycles. The third kappa shape index (κ3) is 1.97. The van der Waals surface area contributed by atoms with Crippen molar-refractivity contribution in [2.75, 3.05) is 0 Å². The third-order valence-corrected chi connectivity index (χ3v) is 4.62. The number of carbonyl (C=O) groups is 1. The molecule has 22 heavy (non-hydrogen) atoms. The lowest BCUT2D eigenvalue weighted by Crippen LogP contribution is -2.02. The standard InChI is InChI=1S/C19H18N2O/c1-13-5-4-10-21-17(12-22)18(20-19(13)21)16-9-8-14-6-2-3-7-15(14)11-16/h4-5,8-12H,2-3,6-7H2,1H3. The van der Waals surface area contributed by atoms with Crippen molar-refractivity contribution in [3.05, 3.63) is 58.9 Å². The van der Waals surface area contributed by atoms with Gasteiger partial charge in [-0.15, -0.1) is 0 Å². The van der Waals surface area contributed by atoms with Crippen LogP contribution in [0.2, 0.25) is 0 Å². The lowest BCUT2D eigenvalue weighted by molar-refractivity contribution is 0.111. The van der Waals surface area contributed by atoms with E-state index < -0.39 is 0 Å². The Morgan fingerprint density at radius 1 is 1.14 bits per heavy atom. The summed E-state index contributed by atoms with van der Waals surface area (Å²) in [5.41, 5.74) is 7.27. The van der Waals surface area contributed by atoms with E-state index in [-0.39, 0.29) is 0 Å². The van der Waals surface area contributed by atoms with Crippen molar-refractivity contribution in [1.29, 1.82) is 0 Å². The molecule has 1 aliphatic carbocycles. The Bertz CT molecular complexity index is 877. The number of aryl methyl sites for hydroxylation is 3. The van der Waals surface area contributed by atoms with Gasteiger partial charge in [-0.05, 0) is 61.4 Å². The van der Waals surface area contributed by atoms with Crippen LogP contribution < -0.4 is 0 Å². The number of nitrogens with zero attached hydrogens (tertiary/aromatic N) is 2. The third-order valence-electron chi connectivity index (χ3n) is 4.62. The molecular formula is C19H18N2O. The molecule has 2 heterocycles. The van der Waals surface area contributed by atoms with E-state index in [4.69, 9.17) is 4.98 Å². The van der Waals surface area contributed by atoms with Crippen LogP contribution in [0.25, 0.3) is 16.9 Å². The number of hydrogen-bond acceptors (Lipinski definition) is 2. The van der Waals surface area contributed by atoms with Gasteiger partial charge in [0.1, 0.15) is 17.0 Å². The molecule has 0 N–H and O–H groups in total. The first-order chi connectivity index (χ1) is 10.8. The first-order valence-electron chi connectivity index (χ1n) is 7.83. The van der Waals surface area contributed by atoms with Crippen molar-refractivity contribution < 1.29 is 4.79 Å². The Labute approximate surface area is 129 Å². The lowest BCUT2D eigenvalue weighted by Gasteiger charge is -2.16. The minimum absolute atomic E-state index is 0.634. The van der Waals surface area contributed by atoms with Crippen molar-refractivity contribution in [2.45, 2.75) is 32.6 Å². The monoisotopic (exact) mass is 290 g/mol. The largest absolute Gasteiger partial charge is 0.297 e. The topological polar surface area (TPSA) is 34.4 Å². The van der Waals surface area contributed by atoms with Gasteiger partial charge >= 0.3 is 0 Å². The Kier molecular flexibility index (Phi) is 3.07. The molecule has 0 atom stereocenters. The van der Waals surface area contributed by atoms with Gasteiger partial charge in [0, 0.05) is 11.8 Å². The second-order valence-corrected chi connectivity index (χ2v) is 6.04. The summed E-state index contributed by atoms with van der Waals surface area (Å²) in [6, 6.07) is 10.5. The van der Waals surface area contributed by atoms with Crippen molar-refractivity contribution in [3.63, 3.8) is 0 Å². The summed E-state index contributed by atoms with van der Waals surface area (Å²) in [5, 5.41) is 0. The highest BCUT2D eigenvalue weighted by Gasteiger charge is 2.16. The first kappa shape index (κ1) is 13.3. The first-order valence-corrected chi connectivity index (χ1v) is 7.83. The molecule has 0 spiro atoms. The van der Waals surface area contributed by atoms with E-state index in [0.717, 1.165) is 35.2 Å². The summed E-state index contributed by atoms with van der Waals surface area (Å²) in [7, 11) is 0. The predicted octanol–water partition coefficient (Wildman–Crippen LogP) is 4.00. The highest BCUT2D eigenvalue weighted by Crippen LogP contribution is 2.29. The van der Waals surface area contributed by atoms with Gasteiger partial charge in [0.15, 0.2) is 6.29 Å². The number of carbonyl (C=O) groups excluding carboxylic acids is 1. The van der Waals surface area contributed by atoms with Gasteiger partial charge in [0.25, 0.3) is 0 Å². The SMILES string of the molecule is Cc1cccn2c(C=O)c(-c3ccc4c(c3)CCCC4)nc12. The van der Waals surface area contributed by atoms with Gasteiger partial charge in [-0.2, -0.15) is 0 Å². The van der Waals surface area contributed by atoms with E-state index >= 15 is 0 Å². The average molecular weight is 290 g/mol. The zero-order valence-corrected chi connectivity index (χ0v) is 12.7. The van der Waals surface area contributed by atoms with Crippen LogP contribution in [0.3, 0.4) is 0 Å². The molecule has 0 fully saturated rings. The summed E-state index contributed by atoms with van der Waals surface area (Å²) in [5.74, 6) is 0. The van der Waals surface area contributed by atoms with Crippen molar-refractivity contribution in [3.8, 4) is 11.3 Å². The highest BCUT2D eigenvalue weighted by atomic mass is 16.1. The van der Waals surface area contributed by atoms with Crippen LogP contribution in [0.4, 0.5) is 0 Å². The van der Waals surface area contributed by atoms with Gasteiger partial charge in [-0.3, -0.25) is 9.20 Å². The number of hydrogen-bond donors (Lipinski definition) is 0. The van der Waals surface area contributed by atoms with Crippen LogP contribution in [0, 0.1) is 6.92 Å². The molecule has 0 bridgehead atoms. The van der Waals surface area contributed by atoms with Crippen LogP contribution in [0.15, 0.2) is 36.5 Å². The number of pyridine rings is 1. The highest BCUT2D eigenvalue weighted by molar-refractivity contribution is 5.86. The summed E-state index contributed by atoms with van der Waals surface area (Å²) in [6.45, 7) is 2.02. The number of fused-ring (bicyclic) bond motifs is 2. The molecule has 4 rings (SSSR count). The minimum Gasteiger partial charge on any atom is -0.297 e. The molecule has 1 aliphatic rings. The molecular weight excluding hydrogens is 272 g/mol. The maximum absolute atomic E-state index is 11.6. The summed E-state index contributed by atoms with van der Waals surface area (Å²) in [6.07, 6.45) is 7.64. The fourth-order valence-electron chi connectivity index (χ4n) is 3.43. The lowest BCUT2D eigenvalue weighted by atomic mass is 9.90. The summed E-state index contributed by atoms with van der Waals surface area (Å²) in [4.78, 5) is 16.3. The van der Waals surface area contributed by atoms with E-state index in [1.807, 2.05) is 29.7 Å². The summed E-state index contributed by atoms with van der Waals surface area (Å²) >= 11 is 0. The quantitative estimate of drug-likeness (QED) is 0.668. The Hall–Kier alpha value is -2.42. The van der Waals surface area contributed by atoms with E-state index in [1.165, 1.54) is 30.4 Å². The zero-order chi connectivity index (χ0) is 15.1. The Morgan fingerprint density at radius 2 is 1.95 bits per heavy atom. The van der Waals surface area contributed by atoms with Crippen LogP contribution in [0.1, 0.15) is 40.0 Å². The van der Waals surface area contributed by atoms with Gasteiger partial charge in [0.2, 0.25) is 0 Å². The molecule has 0 unspecified atom stereocenters. The number of imidazole rings is 1. The average Bonchev–Trinajstić information content (AvgIpc) is 2.94. The number of aldehydes is 1. The van der Waals surface area contributed by atoms with Gasteiger partial charge < -0.3 is 0 Å². The van der Waals surface area contributed by atoms with E-state index in [9.17, 15) is 4.79 Å². The molecule has 0 saturated carbocycles. The number of aromatic nitrogens is 2. The molecule has 0 radical (unpaired) electrons. The fourth-order valence-corrected chi connectivity index (χ4v) is 3.43. The molecule has 3 nitrogen and oxygen atoms in total. The second-order valence-electron chi connectivity index (χ2n) is 6.04. The Balaban J connectivity index is 1.94. The summed E-state index contributed by atoms with van der Waals surface area (Å²) < 4.78 is 1.89. The number of rotatable bonds is 2. The van der Waals surface area contributed by atoms with Gasteiger partial charge in [0.05, 0.1) is 0 Å². The maximum atomic E-state index is 11.6. The van der Waals surface area contributed by atoms with Crippen LogP contribution in [-0.2, 0) is 12.8 Å². The van der Waals surface area contributed by atoms with Crippen LogP contribution in [-0.4, -0.2) is 15.7 Å². The molecule has 0 saturated heterocycles. The Morgan fingerprint density at radius 3 is 2.77 bits per heavy atom. The zero-order valence-electron chi connectivity index (χ0n) is 12.7. The molecule has 3 heteroatoms. The van der Waals surface area contributed by atoms with Crippen molar-refractivity contribution in [1.82, 2.24) is 9.38 Å². The van der Waals surface area contributed by atoms with Crippen LogP contribution >= 0.6 is 0 Å². The normalized spacial score (nSPS) is 14.0. The molecule has 1 aromatic carbocycles.